The molecule has 0 aliphatic carbocycles. The Balaban J connectivity index is 0.000000286. The van der Waals surface area contributed by atoms with Gasteiger partial charge in [0.25, 0.3) is 0 Å². The van der Waals surface area contributed by atoms with Crippen molar-refractivity contribution in [2.75, 3.05) is 19.6 Å². The van der Waals surface area contributed by atoms with Gasteiger partial charge in [-0.25, -0.2) is 0 Å². The molecule has 0 aromatic heterocycles. The maximum atomic E-state index is 3.75. The standard InChI is InChI=1S/C22H29N.C18H22.C4H9N.2H2/c1-4-17-8-12-19(13-9-17)22(3,21-7-6-16-23-21)20-14-10-18(5-2)11-15-20;1-4-15-6-10-17(11-7-15)14(3)18-12-8-16(5-2)9-13-18;1-2-4-5-3-1;;/h8-15,21,23H,4-7,16H2,1-3H3;6-14H,4-5H2,1-3H3;5H,1-4H2;2*1H/t21-;;;;/m1..../s1. The summed E-state index contributed by atoms with van der Waals surface area (Å²) in [5.74, 6) is 0.474. The van der Waals surface area contributed by atoms with Gasteiger partial charge in [-0.15, -0.1) is 0 Å². The van der Waals surface area contributed by atoms with E-state index >= 15 is 0 Å². The molecule has 250 valence electrons. The molecule has 0 spiro atoms. The van der Waals surface area contributed by atoms with Crippen LogP contribution in [0.15, 0.2) is 97.1 Å². The van der Waals surface area contributed by atoms with Gasteiger partial charge in [-0.3, -0.25) is 0 Å². The summed E-state index contributed by atoms with van der Waals surface area (Å²) in [6.45, 7) is 17.2. The minimum Gasteiger partial charge on any atom is -0.317 e. The molecule has 46 heavy (non-hydrogen) atoms. The van der Waals surface area contributed by atoms with Crippen molar-refractivity contribution in [3.63, 3.8) is 0 Å². The van der Waals surface area contributed by atoms with E-state index in [1.807, 2.05) is 0 Å². The van der Waals surface area contributed by atoms with Crippen molar-refractivity contribution in [3.8, 4) is 0 Å². The van der Waals surface area contributed by atoms with Crippen molar-refractivity contribution < 1.29 is 2.85 Å². The van der Waals surface area contributed by atoms with Gasteiger partial charge in [-0.1, -0.05) is 132 Å². The number of benzene rings is 4. The normalized spacial score (nSPS) is 16.0. The van der Waals surface area contributed by atoms with Crippen LogP contribution in [0.5, 0.6) is 0 Å². The van der Waals surface area contributed by atoms with Crippen LogP contribution in [0.3, 0.4) is 0 Å². The van der Waals surface area contributed by atoms with Crippen LogP contribution in [0, 0.1) is 0 Å². The maximum absolute atomic E-state index is 3.75. The van der Waals surface area contributed by atoms with Gasteiger partial charge in [0.1, 0.15) is 0 Å². The fraction of sp³-hybridized carbons (Fsp3) is 0.455. The number of aryl methyl sites for hydroxylation is 4. The minimum atomic E-state index is 0. The van der Waals surface area contributed by atoms with Gasteiger partial charge in [-0.05, 0) is 122 Å². The van der Waals surface area contributed by atoms with Crippen LogP contribution in [-0.2, 0) is 31.1 Å². The van der Waals surface area contributed by atoms with Gasteiger partial charge < -0.3 is 10.6 Å². The zero-order chi connectivity index (χ0) is 32.8. The molecule has 2 saturated heterocycles. The fourth-order valence-corrected chi connectivity index (χ4v) is 6.82. The lowest BCUT2D eigenvalue weighted by Gasteiger charge is -2.37. The van der Waals surface area contributed by atoms with Crippen LogP contribution in [-0.4, -0.2) is 25.7 Å². The van der Waals surface area contributed by atoms with Crippen molar-refractivity contribution in [2.45, 2.75) is 110 Å². The van der Waals surface area contributed by atoms with Gasteiger partial charge in [0.15, 0.2) is 0 Å². The molecule has 0 amide bonds. The first kappa shape index (κ1) is 35.7. The first-order valence-electron chi connectivity index (χ1n) is 18.2. The molecule has 2 nitrogen and oxygen atoms in total. The van der Waals surface area contributed by atoms with Crippen molar-refractivity contribution in [2.24, 2.45) is 0 Å². The second kappa shape index (κ2) is 18.2. The molecule has 4 aromatic carbocycles. The second-order valence-electron chi connectivity index (χ2n) is 13.3. The highest BCUT2D eigenvalue weighted by Gasteiger charge is 2.39. The van der Waals surface area contributed by atoms with Crippen LogP contribution in [0.25, 0.3) is 0 Å². The fourth-order valence-electron chi connectivity index (χ4n) is 6.82. The zero-order valence-corrected chi connectivity index (χ0v) is 29.7. The quantitative estimate of drug-likeness (QED) is 0.194. The lowest BCUT2D eigenvalue weighted by molar-refractivity contribution is 0.407. The third-order valence-corrected chi connectivity index (χ3v) is 10.4. The molecule has 0 unspecified atom stereocenters. The van der Waals surface area contributed by atoms with Crippen molar-refractivity contribution >= 4 is 0 Å². The highest BCUT2D eigenvalue weighted by molar-refractivity contribution is 5.43. The second-order valence-corrected chi connectivity index (χ2v) is 13.3. The molecule has 2 aliphatic rings. The topological polar surface area (TPSA) is 24.1 Å². The molecule has 4 aromatic rings. The van der Waals surface area contributed by atoms with Crippen LogP contribution < -0.4 is 10.6 Å². The molecular formula is C44H64N2. The lowest BCUT2D eigenvalue weighted by atomic mass is 9.70. The number of hydrogen-bond donors (Lipinski definition) is 2. The predicted molar refractivity (Wildman–Crippen MR) is 205 cm³/mol. The molecule has 2 N–H and O–H groups in total. The van der Waals surface area contributed by atoms with Gasteiger partial charge in [0, 0.05) is 20.2 Å². The third-order valence-electron chi connectivity index (χ3n) is 10.4. The Morgan fingerprint density at radius 3 is 1.22 bits per heavy atom. The average molecular weight is 621 g/mol. The first-order chi connectivity index (χ1) is 22.4. The molecule has 2 heterocycles. The first-order valence-corrected chi connectivity index (χ1v) is 18.2. The molecule has 2 aliphatic heterocycles. The van der Waals surface area contributed by atoms with Gasteiger partial charge in [0.2, 0.25) is 0 Å². The molecule has 1 atom stereocenters. The van der Waals surface area contributed by atoms with E-state index in [1.54, 1.807) is 0 Å². The van der Waals surface area contributed by atoms with E-state index in [0.717, 1.165) is 32.2 Å². The maximum Gasteiger partial charge on any atom is 0.0327 e. The molecule has 2 heteroatoms. The highest BCUT2D eigenvalue weighted by Crippen LogP contribution is 2.39. The summed E-state index contributed by atoms with van der Waals surface area (Å²) in [4.78, 5) is 0. The van der Waals surface area contributed by atoms with Gasteiger partial charge in [-0.2, -0.15) is 0 Å². The van der Waals surface area contributed by atoms with Crippen molar-refractivity contribution in [1.82, 2.24) is 10.6 Å². The van der Waals surface area contributed by atoms with E-state index < -0.39 is 0 Å². The predicted octanol–water partition coefficient (Wildman–Crippen LogP) is 10.7. The molecular weight excluding hydrogens is 556 g/mol. The highest BCUT2D eigenvalue weighted by atomic mass is 15.0. The van der Waals surface area contributed by atoms with Crippen molar-refractivity contribution in [3.05, 3.63) is 142 Å². The van der Waals surface area contributed by atoms with Crippen LogP contribution in [0.1, 0.15) is 121 Å². The van der Waals surface area contributed by atoms with E-state index in [9.17, 15) is 0 Å². The number of hydrogen-bond acceptors (Lipinski definition) is 2. The summed E-state index contributed by atoms with van der Waals surface area (Å²) < 4.78 is 0. The summed E-state index contributed by atoms with van der Waals surface area (Å²) in [5.41, 5.74) is 11.3. The van der Waals surface area contributed by atoms with Crippen LogP contribution >= 0.6 is 0 Å². The Bertz CT molecular complexity index is 1300. The Hall–Kier alpha value is -3.20. The van der Waals surface area contributed by atoms with Crippen LogP contribution in [0.4, 0.5) is 0 Å². The monoisotopic (exact) mass is 621 g/mol. The molecule has 0 saturated carbocycles. The summed E-state index contributed by atoms with van der Waals surface area (Å²) in [5, 5.41) is 6.97. The number of rotatable bonds is 9. The average Bonchev–Trinajstić information content (AvgIpc) is 3.90. The SMILES string of the molecule is C1CCNC1.CCc1ccc(C(C)(c2ccc(CC)cc2)[C@H]2CCCN2)cc1.CCc1ccc(C(C)c2ccc(CC)cc2)cc1.[HH].[HH]. The van der Waals surface area contributed by atoms with Crippen molar-refractivity contribution in [1.29, 1.82) is 0 Å². The Morgan fingerprint density at radius 1 is 0.565 bits per heavy atom. The van der Waals surface area contributed by atoms with Gasteiger partial charge >= 0.3 is 0 Å². The Labute approximate surface area is 284 Å². The summed E-state index contributed by atoms with van der Waals surface area (Å²) in [6, 6.07) is 37.1. The smallest absolute Gasteiger partial charge is 0.0327 e. The molecule has 2 fully saturated rings. The zero-order valence-electron chi connectivity index (χ0n) is 29.7. The molecule has 6 rings (SSSR count). The van der Waals surface area contributed by atoms with E-state index in [1.165, 1.54) is 83.3 Å². The number of nitrogens with one attached hydrogen (secondary N) is 2. The summed E-state index contributed by atoms with van der Waals surface area (Å²) in [7, 11) is 0. The summed E-state index contributed by atoms with van der Waals surface area (Å²) >= 11 is 0. The van der Waals surface area contributed by atoms with E-state index in [-0.39, 0.29) is 8.27 Å². The molecule has 0 radical (unpaired) electrons. The Morgan fingerprint density at radius 2 is 0.935 bits per heavy atom. The van der Waals surface area contributed by atoms with E-state index in [2.05, 4.69) is 149 Å². The third kappa shape index (κ3) is 9.43. The minimum absolute atomic E-state index is 0. The van der Waals surface area contributed by atoms with Gasteiger partial charge in [0.05, 0.1) is 0 Å². The van der Waals surface area contributed by atoms with E-state index in [0.29, 0.717) is 12.0 Å². The Kier molecular flexibility index (Phi) is 14.1. The van der Waals surface area contributed by atoms with Crippen LogP contribution in [0.2, 0.25) is 0 Å². The largest absolute Gasteiger partial charge is 0.317 e. The molecule has 0 bridgehead atoms. The lowest BCUT2D eigenvalue weighted by Crippen LogP contribution is -2.44. The van der Waals surface area contributed by atoms with E-state index in [4.69, 9.17) is 0 Å². The summed E-state index contributed by atoms with van der Waals surface area (Å²) in [6.07, 6.45) is 9.73.